The molecule has 2 rings (SSSR count). The maximum absolute atomic E-state index is 10.0. The van der Waals surface area contributed by atoms with Gasteiger partial charge in [-0.05, 0) is 44.4 Å². The van der Waals surface area contributed by atoms with Crippen LogP contribution in [0.3, 0.4) is 0 Å². The minimum Gasteiger partial charge on any atom is -0.502 e. The fourth-order valence-corrected chi connectivity index (χ4v) is 3.34. The van der Waals surface area contributed by atoms with Crippen LogP contribution in [0, 0.1) is 0 Å². The van der Waals surface area contributed by atoms with Gasteiger partial charge >= 0.3 is 0 Å². The number of benzene rings is 1. The van der Waals surface area contributed by atoms with Gasteiger partial charge in [-0.1, -0.05) is 12.2 Å². The molecule has 0 unspecified atom stereocenters. The molecule has 3 N–H and O–H groups in total. The highest BCUT2D eigenvalue weighted by atomic mass is 127. The van der Waals surface area contributed by atoms with Crippen LogP contribution in [0.5, 0.6) is 17.2 Å². The number of rotatable bonds is 8. The number of guanidine groups is 1. The second-order valence-electron chi connectivity index (χ2n) is 7.20. The molecule has 1 heterocycles. The predicted molar refractivity (Wildman–Crippen MR) is 129 cm³/mol. The quantitative estimate of drug-likeness (QED) is 0.213. The van der Waals surface area contributed by atoms with E-state index in [1.165, 1.54) is 19.8 Å². The molecule has 1 aromatic carbocycles. The average molecular weight is 518 g/mol. The van der Waals surface area contributed by atoms with Gasteiger partial charge in [0.1, 0.15) is 0 Å². The average Bonchev–Trinajstić information content (AvgIpc) is 2.68. The monoisotopic (exact) mass is 518 g/mol. The maximum Gasteiger partial charge on any atom is 0.200 e. The Morgan fingerprint density at radius 1 is 1.24 bits per heavy atom. The zero-order valence-electron chi connectivity index (χ0n) is 18.0. The summed E-state index contributed by atoms with van der Waals surface area (Å²) in [6.45, 7) is 12.5. The summed E-state index contributed by atoms with van der Waals surface area (Å²) in [5.41, 5.74) is 2.11. The number of ether oxygens (including phenoxy) is 2. The van der Waals surface area contributed by atoms with Gasteiger partial charge in [0.15, 0.2) is 17.5 Å². The number of methoxy groups -OCH3 is 2. The van der Waals surface area contributed by atoms with E-state index in [0.29, 0.717) is 24.1 Å². The van der Waals surface area contributed by atoms with Gasteiger partial charge < -0.3 is 25.2 Å². The van der Waals surface area contributed by atoms with Crippen LogP contribution >= 0.6 is 24.0 Å². The van der Waals surface area contributed by atoms with E-state index in [0.717, 1.165) is 50.5 Å². The molecule has 1 aliphatic heterocycles. The number of phenols is 1. The number of nitrogens with one attached hydrogen (secondary N) is 2. The molecular formula is C21H35IN4O3. The summed E-state index contributed by atoms with van der Waals surface area (Å²) in [6.07, 6.45) is 2.16. The third-order valence-electron chi connectivity index (χ3n) is 4.73. The Balaban J connectivity index is 0.00000420. The predicted octanol–water partition coefficient (Wildman–Crippen LogP) is 3.12. The molecule has 0 aliphatic carbocycles. The molecule has 1 aromatic rings. The van der Waals surface area contributed by atoms with Crippen molar-refractivity contribution in [1.29, 1.82) is 0 Å². The summed E-state index contributed by atoms with van der Waals surface area (Å²) in [5, 5.41) is 16.9. The first-order chi connectivity index (χ1) is 13.5. The number of piperidine rings is 1. The molecule has 7 nitrogen and oxygen atoms in total. The van der Waals surface area contributed by atoms with E-state index in [1.807, 2.05) is 0 Å². The first-order valence-electron chi connectivity index (χ1n) is 9.82. The number of hydrogen-bond acceptors (Lipinski definition) is 5. The van der Waals surface area contributed by atoms with Crippen molar-refractivity contribution in [2.45, 2.75) is 39.3 Å². The molecule has 1 aliphatic rings. The van der Waals surface area contributed by atoms with Gasteiger partial charge in [-0.15, -0.1) is 24.0 Å². The van der Waals surface area contributed by atoms with Crippen LogP contribution < -0.4 is 20.1 Å². The second-order valence-corrected chi connectivity index (χ2v) is 7.20. The Bertz CT molecular complexity index is 663. The molecule has 0 aromatic heterocycles. The summed E-state index contributed by atoms with van der Waals surface area (Å²) < 4.78 is 10.4. The van der Waals surface area contributed by atoms with Crippen LogP contribution in [-0.4, -0.2) is 62.4 Å². The van der Waals surface area contributed by atoms with E-state index >= 15 is 0 Å². The lowest BCUT2D eigenvalue weighted by Gasteiger charge is -2.33. The van der Waals surface area contributed by atoms with Crippen LogP contribution in [0.4, 0.5) is 0 Å². The van der Waals surface area contributed by atoms with Crippen molar-refractivity contribution >= 4 is 29.9 Å². The van der Waals surface area contributed by atoms with Gasteiger partial charge in [0.2, 0.25) is 5.75 Å². The normalized spacial score (nSPS) is 15.4. The molecule has 0 saturated carbocycles. The first-order valence-corrected chi connectivity index (χ1v) is 9.82. The van der Waals surface area contributed by atoms with Gasteiger partial charge in [-0.25, -0.2) is 4.99 Å². The Morgan fingerprint density at radius 3 is 2.31 bits per heavy atom. The molecule has 29 heavy (non-hydrogen) atoms. The van der Waals surface area contributed by atoms with Gasteiger partial charge in [0, 0.05) is 32.2 Å². The smallest absolute Gasteiger partial charge is 0.200 e. The molecule has 0 atom stereocenters. The van der Waals surface area contributed by atoms with Crippen molar-refractivity contribution in [3.63, 3.8) is 0 Å². The zero-order chi connectivity index (χ0) is 20.5. The third kappa shape index (κ3) is 7.93. The fourth-order valence-electron chi connectivity index (χ4n) is 3.34. The molecule has 0 spiro atoms. The summed E-state index contributed by atoms with van der Waals surface area (Å²) in [5.74, 6) is 1.57. The molecule has 1 saturated heterocycles. The van der Waals surface area contributed by atoms with Gasteiger partial charge in [-0.3, -0.25) is 4.90 Å². The standard InChI is InChI=1S/C21H34N4O3.HI/c1-6-22-21(24-17-7-9-25(10-8-17)14-15(2)3)23-13-16-11-18(27-4)20(26)19(12-16)28-5;/h11-12,17,26H,2,6-10,13-14H2,1,3-5H3,(H2,22,23,24);1H. The van der Waals surface area contributed by atoms with Gasteiger partial charge in [0.05, 0.1) is 20.8 Å². The summed E-state index contributed by atoms with van der Waals surface area (Å²) in [7, 11) is 3.04. The van der Waals surface area contributed by atoms with E-state index in [1.54, 1.807) is 12.1 Å². The van der Waals surface area contributed by atoms with Crippen LogP contribution in [-0.2, 0) is 6.54 Å². The first kappa shape index (κ1) is 25.4. The van der Waals surface area contributed by atoms with Crippen molar-refractivity contribution in [1.82, 2.24) is 15.5 Å². The summed E-state index contributed by atoms with van der Waals surface area (Å²) >= 11 is 0. The van der Waals surface area contributed by atoms with Crippen LogP contribution in [0.2, 0.25) is 0 Å². The number of nitrogens with zero attached hydrogens (tertiary/aromatic N) is 2. The van der Waals surface area contributed by atoms with Crippen molar-refractivity contribution in [3.8, 4) is 17.2 Å². The fraction of sp³-hybridized carbons (Fsp3) is 0.571. The number of hydrogen-bond donors (Lipinski definition) is 3. The molecule has 1 fully saturated rings. The lowest BCUT2D eigenvalue weighted by molar-refractivity contribution is 0.221. The van der Waals surface area contributed by atoms with Gasteiger partial charge in [0.25, 0.3) is 0 Å². The third-order valence-corrected chi connectivity index (χ3v) is 4.73. The molecule has 0 radical (unpaired) electrons. The topological polar surface area (TPSA) is 78.4 Å². The highest BCUT2D eigenvalue weighted by Crippen LogP contribution is 2.37. The largest absolute Gasteiger partial charge is 0.502 e. The Morgan fingerprint density at radius 2 is 1.83 bits per heavy atom. The maximum atomic E-state index is 10.0. The van der Waals surface area contributed by atoms with E-state index < -0.39 is 0 Å². The van der Waals surface area contributed by atoms with Crippen molar-refractivity contribution in [2.24, 2.45) is 4.99 Å². The lowest BCUT2D eigenvalue weighted by atomic mass is 10.0. The number of aromatic hydroxyl groups is 1. The number of phenolic OH excluding ortho intramolecular Hbond substituents is 1. The van der Waals surface area contributed by atoms with Crippen molar-refractivity contribution in [3.05, 3.63) is 29.8 Å². The molecular weight excluding hydrogens is 483 g/mol. The van der Waals surface area contributed by atoms with Gasteiger partial charge in [-0.2, -0.15) is 0 Å². The Hall–Kier alpha value is -1.68. The van der Waals surface area contributed by atoms with E-state index in [9.17, 15) is 5.11 Å². The molecule has 0 amide bonds. The Kier molecular flexibility index (Phi) is 11.2. The van der Waals surface area contributed by atoms with Crippen LogP contribution in [0.25, 0.3) is 0 Å². The number of aliphatic imine (C=N–C) groups is 1. The Labute approximate surface area is 191 Å². The lowest BCUT2D eigenvalue weighted by Crippen LogP contribution is -2.48. The molecule has 164 valence electrons. The summed E-state index contributed by atoms with van der Waals surface area (Å²) in [6, 6.07) is 3.96. The second kappa shape index (κ2) is 12.8. The highest BCUT2D eigenvalue weighted by Gasteiger charge is 2.20. The van der Waals surface area contributed by atoms with Crippen LogP contribution in [0.1, 0.15) is 32.3 Å². The molecule has 0 bridgehead atoms. The SMILES string of the molecule is C=C(C)CN1CCC(NC(=NCc2cc(OC)c(O)c(OC)c2)NCC)CC1.I. The molecule has 8 heteroatoms. The summed E-state index contributed by atoms with van der Waals surface area (Å²) in [4.78, 5) is 7.14. The van der Waals surface area contributed by atoms with E-state index in [2.05, 4.69) is 36.0 Å². The van der Waals surface area contributed by atoms with E-state index in [-0.39, 0.29) is 29.7 Å². The highest BCUT2D eigenvalue weighted by molar-refractivity contribution is 14.0. The van der Waals surface area contributed by atoms with Crippen molar-refractivity contribution < 1.29 is 14.6 Å². The van der Waals surface area contributed by atoms with E-state index in [4.69, 9.17) is 14.5 Å². The van der Waals surface area contributed by atoms with Crippen molar-refractivity contribution in [2.75, 3.05) is 40.4 Å². The number of halogens is 1. The minimum atomic E-state index is 0. The van der Waals surface area contributed by atoms with Crippen LogP contribution in [0.15, 0.2) is 29.3 Å². The minimum absolute atomic E-state index is 0. The number of likely N-dealkylation sites (tertiary alicyclic amines) is 1. The zero-order valence-corrected chi connectivity index (χ0v) is 20.3.